The Bertz CT molecular complexity index is 597. The van der Waals surface area contributed by atoms with Crippen LogP contribution in [0.3, 0.4) is 0 Å². The van der Waals surface area contributed by atoms with Gasteiger partial charge in [-0.05, 0) is 32.9 Å². The molecule has 0 aliphatic carbocycles. The molecule has 0 aliphatic heterocycles. The number of hydrogen-bond acceptors (Lipinski definition) is 3. The van der Waals surface area contributed by atoms with Crippen LogP contribution in [-0.2, 0) is 4.79 Å². The Kier molecular flexibility index (Phi) is 4.34. The second kappa shape index (κ2) is 5.99. The average molecular weight is 340 g/mol. The van der Waals surface area contributed by atoms with Crippen LogP contribution in [0.2, 0.25) is 0 Å². The van der Waals surface area contributed by atoms with Gasteiger partial charge in [-0.15, -0.1) is 11.3 Å². The minimum absolute atomic E-state index is 0.405. The lowest BCUT2D eigenvalue weighted by molar-refractivity contribution is -0.139. The highest BCUT2D eigenvalue weighted by Gasteiger charge is 2.23. The van der Waals surface area contributed by atoms with E-state index in [9.17, 15) is 14.7 Å². The van der Waals surface area contributed by atoms with Crippen LogP contribution in [0.4, 0.5) is 0 Å². The van der Waals surface area contributed by atoms with Gasteiger partial charge in [-0.1, -0.05) is 30.3 Å². The number of carbonyl (C=O) groups excluding carboxylic acids is 1. The predicted molar refractivity (Wildman–Crippen MR) is 76.3 cm³/mol. The van der Waals surface area contributed by atoms with Gasteiger partial charge in [0.05, 0.1) is 0 Å². The molecule has 2 rings (SSSR count). The molecule has 19 heavy (non-hydrogen) atoms. The number of benzene rings is 1. The molecule has 6 heteroatoms. The molecule has 1 aromatic heterocycles. The Balaban J connectivity index is 2.21. The van der Waals surface area contributed by atoms with Crippen molar-refractivity contribution in [2.45, 2.75) is 6.04 Å². The van der Waals surface area contributed by atoms with Crippen LogP contribution in [0.25, 0.3) is 0 Å². The smallest absolute Gasteiger partial charge is 0.330 e. The van der Waals surface area contributed by atoms with Crippen LogP contribution >= 0.6 is 27.3 Å². The molecule has 0 saturated heterocycles. The van der Waals surface area contributed by atoms with Gasteiger partial charge in [0.15, 0.2) is 6.04 Å². The van der Waals surface area contributed by atoms with Crippen molar-refractivity contribution in [1.82, 2.24) is 5.32 Å². The van der Waals surface area contributed by atoms with E-state index >= 15 is 0 Å². The van der Waals surface area contributed by atoms with Gasteiger partial charge >= 0.3 is 5.97 Å². The molecular formula is C13H10BrNO3S. The van der Waals surface area contributed by atoms with Crippen molar-refractivity contribution in [2.75, 3.05) is 0 Å². The normalized spacial score (nSPS) is 11.8. The van der Waals surface area contributed by atoms with Crippen molar-refractivity contribution < 1.29 is 14.7 Å². The van der Waals surface area contributed by atoms with E-state index in [0.717, 1.165) is 0 Å². The van der Waals surface area contributed by atoms with Gasteiger partial charge in [-0.2, -0.15) is 0 Å². The highest BCUT2D eigenvalue weighted by molar-refractivity contribution is 9.10. The maximum absolute atomic E-state index is 12.0. The number of aliphatic carboxylic acids is 1. The second-order valence-corrected chi connectivity index (χ2v) is 5.52. The number of halogens is 1. The summed E-state index contributed by atoms with van der Waals surface area (Å²) in [6, 6.07) is 9.29. The van der Waals surface area contributed by atoms with Gasteiger partial charge in [-0.25, -0.2) is 4.79 Å². The fraction of sp³-hybridized carbons (Fsp3) is 0.0769. The first-order chi connectivity index (χ1) is 9.09. The maximum atomic E-state index is 12.0. The van der Waals surface area contributed by atoms with Gasteiger partial charge in [0.1, 0.15) is 4.88 Å². The van der Waals surface area contributed by atoms with E-state index in [-0.39, 0.29) is 0 Å². The van der Waals surface area contributed by atoms with E-state index in [1.165, 1.54) is 11.3 Å². The molecule has 0 bridgehead atoms. The number of carboxylic acid groups (broad SMARTS) is 1. The van der Waals surface area contributed by atoms with Crippen molar-refractivity contribution >= 4 is 39.1 Å². The highest BCUT2D eigenvalue weighted by Crippen LogP contribution is 2.23. The molecule has 1 atom stereocenters. The molecule has 0 radical (unpaired) electrons. The fourth-order valence-electron chi connectivity index (χ4n) is 1.59. The molecule has 0 aliphatic rings. The third-order valence-electron chi connectivity index (χ3n) is 2.48. The standard InChI is InChI=1S/C13H10BrNO3S/c14-9-6-7-19-11(9)12(16)15-10(13(17)18)8-4-2-1-3-5-8/h1-7,10H,(H,15,16)(H,17,18). The van der Waals surface area contributed by atoms with Crippen molar-refractivity contribution in [3.8, 4) is 0 Å². The number of rotatable bonds is 4. The zero-order valence-corrected chi connectivity index (χ0v) is 12.1. The lowest BCUT2D eigenvalue weighted by atomic mass is 10.1. The minimum Gasteiger partial charge on any atom is -0.479 e. The van der Waals surface area contributed by atoms with E-state index in [2.05, 4.69) is 21.2 Å². The summed E-state index contributed by atoms with van der Waals surface area (Å²) < 4.78 is 0.659. The summed E-state index contributed by atoms with van der Waals surface area (Å²) >= 11 is 4.51. The molecular weight excluding hydrogens is 330 g/mol. The third kappa shape index (κ3) is 3.21. The summed E-state index contributed by atoms with van der Waals surface area (Å²) in [5, 5.41) is 13.5. The van der Waals surface area contributed by atoms with Crippen LogP contribution in [0.15, 0.2) is 46.3 Å². The van der Waals surface area contributed by atoms with Gasteiger partial charge < -0.3 is 10.4 Å². The third-order valence-corrected chi connectivity index (χ3v) is 4.32. The summed E-state index contributed by atoms with van der Waals surface area (Å²) in [6.45, 7) is 0. The summed E-state index contributed by atoms with van der Waals surface area (Å²) in [7, 11) is 0. The van der Waals surface area contributed by atoms with Gasteiger partial charge in [-0.3, -0.25) is 4.79 Å². The lowest BCUT2D eigenvalue weighted by Gasteiger charge is -2.14. The summed E-state index contributed by atoms with van der Waals surface area (Å²) in [5.74, 6) is -1.50. The van der Waals surface area contributed by atoms with Crippen molar-refractivity contribution in [3.05, 3.63) is 56.7 Å². The lowest BCUT2D eigenvalue weighted by Crippen LogP contribution is -2.33. The molecule has 1 unspecified atom stereocenters. The van der Waals surface area contributed by atoms with Gasteiger partial charge in [0.2, 0.25) is 0 Å². The molecule has 4 nitrogen and oxygen atoms in total. The molecule has 2 N–H and O–H groups in total. The maximum Gasteiger partial charge on any atom is 0.330 e. The Morgan fingerprint density at radius 3 is 2.42 bits per heavy atom. The molecule has 98 valence electrons. The SMILES string of the molecule is O=C(NC(C(=O)O)c1ccccc1)c1sccc1Br. The minimum atomic E-state index is -1.09. The first kappa shape index (κ1) is 13.8. The number of nitrogens with one attached hydrogen (secondary N) is 1. The zero-order valence-electron chi connectivity index (χ0n) is 9.67. The molecule has 0 spiro atoms. The molecule has 2 aromatic rings. The van der Waals surface area contributed by atoms with Crippen LogP contribution in [0, 0.1) is 0 Å². The molecule has 1 amide bonds. The molecule has 0 saturated carbocycles. The summed E-state index contributed by atoms with van der Waals surface area (Å²) in [5.41, 5.74) is 0.538. The zero-order chi connectivity index (χ0) is 13.8. The molecule has 1 aromatic carbocycles. The van der Waals surface area contributed by atoms with Crippen LogP contribution in [0.1, 0.15) is 21.3 Å². The second-order valence-electron chi connectivity index (χ2n) is 3.75. The first-order valence-corrected chi connectivity index (χ1v) is 7.08. The van der Waals surface area contributed by atoms with Crippen molar-refractivity contribution in [3.63, 3.8) is 0 Å². The average Bonchev–Trinajstić information content (AvgIpc) is 2.82. The topological polar surface area (TPSA) is 66.4 Å². The largest absolute Gasteiger partial charge is 0.479 e. The quantitative estimate of drug-likeness (QED) is 0.899. The van der Waals surface area contributed by atoms with Crippen LogP contribution in [-0.4, -0.2) is 17.0 Å². The van der Waals surface area contributed by atoms with Gasteiger partial charge in [0.25, 0.3) is 5.91 Å². The number of amides is 1. The van der Waals surface area contributed by atoms with Gasteiger partial charge in [0, 0.05) is 4.47 Å². The van der Waals surface area contributed by atoms with Crippen LogP contribution < -0.4 is 5.32 Å². The Morgan fingerprint density at radius 1 is 1.21 bits per heavy atom. The predicted octanol–water partition coefficient (Wildman–Crippen LogP) is 3.07. The van der Waals surface area contributed by atoms with Crippen LogP contribution in [0.5, 0.6) is 0 Å². The Morgan fingerprint density at radius 2 is 1.89 bits per heavy atom. The summed E-state index contributed by atoms with van der Waals surface area (Å²) in [4.78, 5) is 23.7. The number of thiophene rings is 1. The monoisotopic (exact) mass is 339 g/mol. The van der Waals surface area contributed by atoms with E-state index in [0.29, 0.717) is 14.9 Å². The Labute approximate surface area is 122 Å². The first-order valence-electron chi connectivity index (χ1n) is 5.41. The number of carboxylic acids is 1. The van der Waals surface area contributed by atoms with E-state index in [1.807, 2.05) is 0 Å². The fourth-order valence-corrected chi connectivity index (χ4v) is 3.04. The van der Waals surface area contributed by atoms with Crippen molar-refractivity contribution in [1.29, 1.82) is 0 Å². The molecule has 1 heterocycles. The number of carbonyl (C=O) groups is 2. The van der Waals surface area contributed by atoms with Crippen molar-refractivity contribution in [2.24, 2.45) is 0 Å². The van der Waals surface area contributed by atoms with E-state index < -0.39 is 17.9 Å². The Hall–Kier alpha value is -1.66. The number of hydrogen-bond donors (Lipinski definition) is 2. The molecule has 0 fully saturated rings. The van der Waals surface area contributed by atoms with E-state index in [4.69, 9.17) is 0 Å². The summed E-state index contributed by atoms with van der Waals surface area (Å²) in [6.07, 6.45) is 0. The highest BCUT2D eigenvalue weighted by atomic mass is 79.9. The van der Waals surface area contributed by atoms with E-state index in [1.54, 1.807) is 41.8 Å².